The van der Waals surface area contributed by atoms with Crippen LogP contribution in [0, 0.1) is 13.8 Å². The van der Waals surface area contributed by atoms with Gasteiger partial charge < -0.3 is 5.73 Å². The number of anilines is 1. The number of hydrogen-bond acceptors (Lipinski definition) is 1. The average Bonchev–Trinajstić information content (AvgIpc) is 2.84. The molecule has 0 fully saturated rings. The van der Waals surface area contributed by atoms with E-state index >= 15 is 0 Å². The fourth-order valence-electron chi connectivity index (χ4n) is 4.47. The summed E-state index contributed by atoms with van der Waals surface area (Å²) in [7, 11) is 0. The molecule has 0 radical (unpaired) electrons. The highest BCUT2D eigenvalue weighted by Crippen LogP contribution is 2.31. The maximum atomic E-state index is 5.98. The summed E-state index contributed by atoms with van der Waals surface area (Å²) in [5.74, 6) is 0. The smallest absolute Gasteiger partial charge is 0.0320 e. The van der Waals surface area contributed by atoms with Crippen molar-refractivity contribution in [2.75, 3.05) is 5.73 Å². The highest BCUT2D eigenvalue weighted by atomic mass is 14.5. The Bertz CT molecular complexity index is 1410. The van der Waals surface area contributed by atoms with E-state index in [1.54, 1.807) is 0 Å². The molecule has 0 heterocycles. The van der Waals surface area contributed by atoms with Crippen LogP contribution in [0.3, 0.4) is 0 Å². The Balaban J connectivity index is 1.44. The summed E-state index contributed by atoms with van der Waals surface area (Å²) in [5.41, 5.74) is 19.0. The number of aryl methyl sites for hydroxylation is 2. The van der Waals surface area contributed by atoms with Gasteiger partial charge in [-0.3, -0.25) is 0 Å². The number of rotatable bonds is 4. The largest absolute Gasteiger partial charge is 0.399 e. The Kier molecular flexibility index (Phi) is 5.54. The zero-order valence-corrected chi connectivity index (χ0v) is 19.0. The summed E-state index contributed by atoms with van der Waals surface area (Å²) in [6.07, 6.45) is 0. The lowest BCUT2D eigenvalue weighted by Gasteiger charge is -2.10. The van der Waals surface area contributed by atoms with E-state index in [2.05, 4.69) is 111 Å². The zero-order valence-electron chi connectivity index (χ0n) is 19.0. The van der Waals surface area contributed by atoms with E-state index in [4.69, 9.17) is 5.73 Å². The first-order valence-corrected chi connectivity index (χ1v) is 11.3. The highest BCUT2D eigenvalue weighted by molar-refractivity contribution is 5.78. The van der Waals surface area contributed by atoms with Gasteiger partial charge in [0.1, 0.15) is 0 Å². The van der Waals surface area contributed by atoms with Gasteiger partial charge in [-0.25, -0.2) is 0 Å². The van der Waals surface area contributed by atoms with E-state index in [1.165, 1.54) is 50.1 Å². The maximum absolute atomic E-state index is 5.98. The van der Waals surface area contributed by atoms with Gasteiger partial charge in [0, 0.05) is 5.69 Å². The third-order valence-electron chi connectivity index (χ3n) is 6.05. The lowest BCUT2D eigenvalue weighted by molar-refractivity contribution is 1.38. The van der Waals surface area contributed by atoms with Crippen LogP contribution in [-0.4, -0.2) is 0 Å². The monoisotopic (exact) mass is 425 g/mol. The van der Waals surface area contributed by atoms with Gasteiger partial charge >= 0.3 is 0 Å². The molecule has 0 aliphatic heterocycles. The van der Waals surface area contributed by atoms with Crippen LogP contribution < -0.4 is 5.73 Å². The highest BCUT2D eigenvalue weighted by Gasteiger charge is 2.06. The fraction of sp³-hybridized carbons (Fsp3) is 0.0625. The lowest BCUT2D eigenvalue weighted by Crippen LogP contribution is -1.86. The minimum Gasteiger partial charge on any atom is -0.399 e. The van der Waals surface area contributed by atoms with Crippen molar-refractivity contribution in [3.8, 4) is 44.5 Å². The van der Waals surface area contributed by atoms with Crippen LogP contribution in [0.4, 0.5) is 5.69 Å². The molecule has 33 heavy (non-hydrogen) atoms. The van der Waals surface area contributed by atoms with Crippen LogP contribution in [0.2, 0.25) is 0 Å². The van der Waals surface area contributed by atoms with Gasteiger partial charge in [-0.1, -0.05) is 102 Å². The van der Waals surface area contributed by atoms with Crippen molar-refractivity contribution in [1.29, 1.82) is 0 Å². The average molecular weight is 426 g/mol. The molecule has 0 saturated heterocycles. The van der Waals surface area contributed by atoms with Crippen molar-refractivity contribution in [3.63, 3.8) is 0 Å². The molecule has 0 aliphatic rings. The number of hydrogen-bond donors (Lipinski definition) is 1. The van der Waals surface area contributed by atoms with Crippen molar-refractivity contribution >= 4 is 5.69 Å². The van der Waals surface area contributed by atoms with Crippen molar-refractivity contribution < 1.29 is 0 Å². The second kappa shape index (κ2) is 8.80. The normalized spacial score (nSPS) is 10.8. The molecule has 2 N–H and O–H groups in total. The molecule has 1 heteroatoms. The van der Waals surface area contributed by atoms with Crippen LogP contribution in [0.5, 0.6) is 0 Å². The van der Waals surface area contributed by atoms with E-state index < -0.39 is 0 Å². The second-order valence-electron chi connectivity index (χ2n) is 8.74. The zero-order chi connectivity index (χ0) is 22.8. The maximum Gasteiger partial charge on any atom is 0.0320 e. The Morgan fingerprint density at radius 2 is 0.758 bits per heavy atom. The molecule has 5 aromatic rings. The summed E-state index contributed by atoms with van der Waals surface area (Å²) < 4.78 is 0. The first-order valence-electron chi connectivity index (χ1n) is 11.3. The summed E-state index contributed by atoms with van der Waals surface area (Å²) >= 11 is 0. The second-order valence-corrected chi connectivity index (χ2v) is 8.74. The third kappa shape index (κ3) is 4.58. The van der Waals surface area contributed by atoms with Gasteiger partial charge in [0.15, 0.2) is 0 Å². The quantitative estimate of drug-likeness (QED) is 0.287. The molecule has 1 nitrogen and oxygen atoms in total. The van der Waals surface area contributed by atoms with Gasteiger partial charge in [0.05, 0.1) is 0 Å². The first-order chi connectivity index (χ1) is 16.0. The molecule has 0 atom stereocenters. The molecule has 5 rings (SSSR count). The summed E-state index contributed by atoms with van der Waals surface area (Å²) in [5, 5.41) is 0. The van der Waals surface area contributed by atoms with E-state index in [0.29, 0.717) is 0 Å². The SMILES string of the molecule is Cc1cc(C)cc(-c2cccc(-c3ccc(-c4cccc(-c5cccc(N)c5)c4)cc3)c2)c1. The standard InChI is InChI=1S/C32H27N/c1-22-16-23(2)18-31(17-22)29-9-4-7-27(20-29)25-14-12-24(13-15-25)26-6-3-8-28(19-26)30-10-5-11-32(33)21-30/h3-21H,33H2,1-2H3. The summed E-state index contributed by atoms with van der Waals surface area (Å²) in [6, 6.07) is 41.0. The Morgan fingerprint density at radius 3 is 1.24 bits per heavy atom. The molecule has 0 aromatic heterocycles. The molecule has 160 valence electrons. The van der Waals surface area contributed by atoms with Gasteiger partial charge in [0.25, 0.3) is 0 Å². The van der Waals surface area contributed by atoms with Crippen molar-refractivity contribution in [3.05, 3.63) is 126 Å². The number of nitrogens with two attached hydrogens (primary N) is 1. The lowest BCUT2D eigenvalue weighted by atomic mass is 9.95. The van der Waals surface area contributed by atoms with E-state index in [9.17, 15) is 0 Å². The molecule has 0 amide bonds. The molecule has 0 aliphatic carbocycles. The van der Waals surface area contributed by atoms with Gasteiger partial charge in [-0.2, -0.15) is 0 Å². The van der Waals surface area contributed by atoms with E-state index in [0.717, 1.165) is 11.3 Å². The first kappa shape index (κ1) is 20.8. The van der Waals surface area contributed by atoms with E-state index in [1.807, 2.05) is 18.2 Å². The molecular weight excluding hydrogens is 398 g/mol. The minimum absolute atomic E-state index is 0.783. The predicted molar refractivity (Wildman–Crippen MR) is 142 cm³/mol. The van der Waals surface area contributed by atoms with Crippen LogP contribution in [0.25, 0.3) is 44.5 Å². The molecule has 0 spiro atoms. The molecule has 0 saturated carbocycles. The Labute approximate surface area is 196 Å². The van der Waals surface area contributed by atoms with Gasteiger partial charge in [0.2, 0.25) is 0 Å². The van der Waals surface area contributed by atoms with Crippen LogP contribution >= 0.6 is 0 Å². The summed E-state index contributed by atoms with van der Waals surface area (Å²) in [6.45, 7) is 4.31. The fourth-order valence-corrected chi connectivity index (χ4v) is 4.47. The third-order valence-corrected chi connectivity index (χ3v) is 6.05. The topological polar surface area (TPSA) is 26.0 Å². The summed E-state index contributed by atoms with van der Waals surface area (Å²) in [4.78, 5) is 0. The van der Waals surface area contributed by atoms with Crippen LogP contribution in [-0.2, 0) is 0 Å². The molecule has 5 aromatic carbocycles. The number of nitrogen functional groups attached to an aromatic ring is 1. The van der Waals surface area contributed by atoms with Crippen molar-refractivity contribution in [1.82, 2.24) is 0 Å². The van der Waals surface area contributed by atoms with Gasteiger partial charge in [-0.15, -0.1) is 0 Å². The van der Waals surface area contributed by atoms with E-state index in [-0.39, 0.29) is 0 Å². The molecule has 0 bridgehead atoms. The molecular formula is C32H27N. The Hall–Kier alpha value is -4.10. The molecule has 0 unspecified atom stereocenters. The van der Waals surface area contributed by atoms with Crippen molar-refractivity contribution in [2.24, 2.45) is 0 Å². The number of benzene rings is 5. The Morgan fingerprint density at radius 1 is 0.364 bits per heavy atom. The van der Waals surface area contributed by atoms with Gasteiger partial charge in [-0.05, 0) is 82.6 Å². The van der Waals surface area contributed by atoms with Crippen molar-refractivity contribution in [2.45, 2.75) is 13.8 Å². The predicted octanol–water partition coefficient (Wildman–Crippen LogP) is 8.55. The van der Waals surface area contributed by atoms with Crippen LogP contribution in [0.15, 0.2) is 115 Å². The minimum atomic E-state index is 0.783. The van der Waals surface area contributed by atoms with Crippen LogP contribution in [0.1, 0.15) is 11.1 Å².